The lowest BCUT2D eigenvalue weighted by Crippen LogP contribution is -2.15. The molecule has 0 radical (unpaired) electrons. The quantitative estimate of drug-likeness (QED) is 0.0793. The van der Waals surface area contributed by atoms with Crippen LogP contribution in [0.1, 0.15) is 30.1 Å². The fourth-order valence-electron chi connectivity index (χ4n) is 3.09. The van der Waals surface area contributed by atoms with E-state index in [1.165, 1.54) is 0 Å². The van der Waals surface area contributed by atoms with Crippen molar-refractivity contribution in [2.75, 3.05) is 118 Å². The molecule has 0 aliphatic carbocycles. The Kier molecular flexibility index (Phi) is 25.4. The third-order valence-corrected chi connectivity index (χ3v) is 5.31. The van der Waals surface area contributed by atoms with Crippen molar-refractivity contribution in [2.24, 2.45) is 0 Å². The number of hydrogen-bond acceptors (Lipinski definition) is 12. The monoisotopic (exact) mass is 599 g/mol. The number of carbonyl (C=O) groups is 2. The van der Waals surface area contributed by atoms with E-state index in [2.05, 4.69) is 18.8 Å². The molecule has 42 heavy (non-hydrogen) atoms. The summed E-state index contributed by atoms with van der Waals surface area (Å²) >= 11 is 0. The minimum absolute atomic E-state index is 0.186. The molecule has 1 aromatic rings. The molecular weight excluding hydrogens is 550 g/mol. The Morgan fingerprint density at radius 2 is 1.00 bits per heavy atom. The SMILES string of the molecule is C=CC(=O)OCCOCCOCCOCCOCCOCCOCCOCCOC(=O)c1ccc(NCCCC)cc1. The van der Waals surface area contributed by atoms with Crippen LogP contribution >= 0.6 is 0 Å². The average molecular weight is 600 g/mol. The maximum absolute atomic E-state index is 12.1. The summed E-state index contributed by atoms with van der Waals surface area (Å²) in [5, 5.41) is 3.31. The van der Waals surface area contributed by atoms with Gasteiger partial charge in [-0.15, -0.1) is 0 Å². The van der Waals surface area contributed by atoms with E-state index >= 15 is 0 Å². The first-order valence-corrected chi connectivity index (χ1v) is 14.5. The molecule has 0 amide bonds. The molecule has 0 spiro atoms. The van der Waals surface area contributed by atoms with Gasteiger partial charge in [-0.25, -0.2) is 9.59 Å². The van der Waals surface area contributed by atoms with Gasteiger partial charge in [0.25, 0.3) is 0 Å². The maximum atomic E-state index is 12.1. The van der Waals surface area contributed by atoms with Crippen LogP contribution in [0, 0.1) is 0 Å². The average Bonchev–Trinajstić information content (AvgIpc) is 3.01. The number of esters is 2. The maximum Gasteiger partial charge on any atom is 0.338 e. The lowest BCUT2D eigenvalue weighted by molar-refractivity contribution is -0.139. The summed E-state index contributed by atoms with van der Waals surface area (Å²) in [6, 6.07) is 7.27. The number of nitrogens with one attached hydrogen (secondary N) is 1. The highest BCUT2D eigenvalue weighted by Gasteiger charge is 2.06. The number of rotatable bonds is 30. The molecule has 0 unspecified atom stereocenters. The summed E-state index contributed by atoms with van der Waals surface area (Å²) in [4.78, 5) is 22.9. The lowest BCUT2D eigenvalue weighted by atomic mass is 10.2. The molecule has 1 rings (SSSR count). The van der Waals surface area contributed by atoms with Crippen LogP contribution in [0.2, 0.25) is 0 Å². The first-order valence-electron chi connectivity index (χ1n) is 14.5. The highest BCUT2D eigenvalue weighted by molar-refractivity contribution is 5.89. The van der Waals surface area contributed by atoms with Gasteiger partial charge in [-0.2, -0.15) is 0 Å². The zero-order valence-corrected chi connectivity index (χ0v) is 25.0. The van der Waals surface area contributed by atoms with Gasteiger partial charge in [0.1, 0.15) is 13.2 Å². The number of ether oxygens (including phenoxy) is 9. The van der Waals surface area contributed by atoms with Crippen molar-refractivity contribution in [1.82, 2.24) is 0 Å². The van der Waals surface area contributed by atoms with Crippen LogP contribution in [-0.4, -0.2) is 124 Å². The predicted octanol–water partition coefficient (Wildman–Crippen LogP) is 2.90. The minimum atomic E-state index is -0.463. The highest BCUT2D eigenvalue weighted by Crippen LogP contribution is 2.10. The number of anilines is 1. The summed E-state index contributed by atoms with van der Waals surface area (Å²) in [6.45, 7) is 12.8. The van der Waals surface area contributed by atoms with Gasteiger partial charge in [-0.1, -0.05) is 19.9 Å². The number of benzene rings is 1. The van der Waals surface area contributed by atoms with E-state index in [1.807, 2.05) is 12.1 Å². The van der Waals surface area contributed by atoms with Crippen LogP contribution < -0.4 is 5.32 Å². The summed E-state index contributed by atoms with van der Waals surface area (Å²) in [7, 11) is 0. The second-order valence-corrected chi connectivity index (χ2v) is 8.65. The molecule has 1 N–H and O–H groups in total. The second kappa shape index (κ2) is 28.5. The first-order chi connectivity index (χ1) is 20.7. The van der Waals surface area contributed by atoms with Gasteiger partial charge in [0.15, 0.2) is 0 Å². The molecular formula is C30H49NO11. The standard InChI is InChI=1S/C30H49NO11/c1-3-5-10-31-28-8-6-27(7-9-28)30(33)42-26-24-40-22-20-38-18-16-36-14-12-34-11-13-35-15-17-37-19-21-39-23-25-41-29(32)4-2/h4,6-9,31H,2-3,5,10-26H2,1H3. The van der Waals surface area contributed by atoms with Crippen LogP contribution in [0.3, 0.4) is 0 Å². The summed E-state index contributed by atoms with van der Waals surface area (Å²) < 4.78 is 47.8. The van der Waals surface area contributed by atoms with Crippen molar-refractivity contribution < 1.29 is 52.2 Å². The Hall–Kier alpha value is -2.58. The zero-order chi connectivity index (χ0) is 30.4. The molecule has 0 saturated heterocycles. The van der Waals surface area contributed by atoms with E-state index in [-0.39, 0.29) is 19.2 Å². The molecule has 0 saturated carbocycles. The molecule has 0 heterocycles. The van der Waals surface area contributed by atoms with E-state index in [0.29, 0.717) is 98.1 Å². The normalized spacial score (nSPS) is 10.9. The molecule has 0 aliphatic rings. The molecule has 240 valence electrons. The first kappa shape index (κ1) is 37.4. The van der Waals surface area contributed by atoms with Crippen molar-refractivity contribution in [1.29, 1.82) is 0 Å². The van der Waals surface area contributed by atoms with Gasteiger partial charge in [0, 0.05) is 18.3 Å². The van der Waals surface area contributed by atoms with Gasteiger partial charge >= 0.3 is 11.9 Å². The Balaban J connectivity index is 1.75. The van der Waals surface area contributed by atoms with Gasteiger partial charge in [-0.05, 0) is 30.7 Å². The van der Waals surface area contributed by atoms with E-state index in [4.69, 9.17) is 42.6 Å². The van der Waals surface area contributed by atoms with E-state index in [9.17, 15) is 9.59 Å². The fourth-order valence-corrected chi connectivity index (χ4v) is 3.09. The van der Waals surface area contributed by atoms with Crippen LogP contribution in [0.5, 0.6) is 0 Å². The van der Waals surface area contributed by atoms with Crippen molar-refractivity contribution in [3.63, 3.8) is 0 Å². The number of carbonyl (C=O) groups excluding carboxylic acids is 2. The molecule has 0 bridgehead atoms. The third-order valence-electron chi connectivity index (χ3n) is 5.31. The van der Waals surface area contributed by atoms with Crippen molar-refractivity contribution in [2.45, 2.75) is 19.8 Å². The van der Waals surface area contributed by atoms with Gasteiger partial charge in [0.2, 0.25) is 0 Å². The summed E-state index contributed by atoms with van der Waals surface area (Å²) in [5.41, 5.74) is 1.51. The van der Waals surface area contributed by atoms with Crippen LogP contribution in [0.4, 0.5) is 5.69 Å². The van der Waals surface area contributed by atoms with Crippen LogP contribution in [0.15, 0.2) is 36.9 Å². The third kappa shape index (κ3) is 23.0. The Labute approximate surface area is 249 Å². The van der Waals surface area contributed by atoms with Crippen molar-refractivity contribution in [3.05, 3.63) is 42.5 Å². The molecule has 1 aromatic carbocycles. The number of unbranched alkanes of at least 4 members (excludes halogenated alkanes) is 1. The highest BCUT2D eigenvalue weighted by atomic mass is 16.6. The second-order valence-electron chi connectivity index (χ2n) is 8.65. The van der Waals surface area contributed by atoms with E-state index in [0.717, 1.165) is 31.1 Å². The van der Waals surface area contributed by atoms with E-state index in [1.54, 1.807) is 12.1 Å². The number of hydrogen-bond donors (Lipinski definition) is 1. The Bertz CT molecular complexity index is 792. The summed E-state index contributed by atoms with van der Waals surface area (Å²) in [5.74, 6) is -0.828. The summed E-state index contributed by atoms with van der Waals surface area (Å²) in [6.07, 6.45) is 3.35. The molecule has 0 aliphatic heterocycles. The minimum Gasteiger partial charge on any atom is -0.460 e. The topological polar surface area (TPSA) is 129 Å². The van der Waals surface area contributed by atoms with Crippen molar-refractivity contribution in [3.8, 4) is 0 Å². The van der Waals surface area contributed by atoms with Gasteiger partial charge in [-0.3, -0.25) is 0 Å². The smallest absolute Gasteiger partial charge is 0.338 e. The van der Waals surface area contributed by atoms with Crippen molar-refractivity contribution >= 4 is 17.6 Å². The van der Waals surface area contributed by atoms with Gasteiger partial charge in [0.05, 0.1) is 98.1 Å². The molecule has 0 aromatic heterocycles. The van der Waals surface area contributed by atoms with Crippen LogP contribution in [-0.2, 0) is 47.4 Å². The lowest BCUT2D eigenvalue weighted by Gasteiger charge is -2.09. The molecule has 0 fully saturated rings. The fraction of sp³-hybridized carbons (Fsp3) is 0.667. The van der Waals surface area contributed by atoms with Crippen LogP contribution in [0.25, 0.3) is 0 Å². The largest absolute Gasteiger partial charge is 0.460 e. The Morgan fingerprint density at radius 1 is 0.619 bits per heavy atom. The zero-order valence-electron chi connectivity index (χ0n) is 25.0. The molecule has 12 heteroatoms. The molecule has 0 atom stereocenters. The molecule has 12 nitrogen and oxygen atoms in total. The van der Waals surface area contributed by atoms with E-state index < -0.39 is 5.97 Å². The predicted molar refractivity (Wildman–Crippen MR) is 157 cm³/mol. The van der Waals surface area contributed by atoms with Gasteiger partial charge < -0.3 is 47.9 Å². The Morgan fingerprint density at radius 3 is 1.38 bits per heavy atom.